The number of aliphatic hydroxyl groups excluding tert-OH is 1. The number of epoxide rings is 1. The van der Waals surface area contributed by atoms with E-state index >= 15 is 0 Å². The lowest BCUT2D eigenvalue weighted by Gasteiger charge is -2.00. The predicted octanol–water partition coefficient (Wildman–Crippen LogP) is 3.06. The smallest absolute Gasteiger partial charge is 0.103 e. The number of carbonyl (C=O) groups excluding carboxylic acids is 1. The molecular weight excluding hydrogens is 304 g/mol. The van der Waals surface area contributed by atoms with Gasteiger partial charge in [0, 0.05) is 5.97 Å². The molecule has 0 aromatic carbocycles. The van der Waals surface area contributed by atoms with E-state index in [1.807, 2.05) is 18.2 Å². The quantitative estimate of drug-likeness (QED) is 0.301. The van der Waals surface area contributed by atoms with Gasteiger partial charge in [0.05, 0.1) is 12.2 Å². The van der Waals surface area contributed by atoms with Gasteiger partial charge in [-0.25, -0.2) is 0 Å². The third-order valence-corrected chi connectivity index (χ3v) is 3.95. The molecular formula is C20H31O4-. The van der Waals surface area contributed by atoms with Gasteiger partial charge in [0.1, 0.15) is 6.10 Å². The van der Waals surface area contributed by atoms with Crippen molar-refractivity contribution in [3.63, 3.8) is 0 Å². The number of hydrogen-bond donors (Lipinski definition) is 1. The molecule has 0 aliphatic carbocycles. The molecule has 1 aliphatic heterocycles. The maximum atomic E-state index is 10.2. The second kappa shape index (κ2) is 13.0. The Morgan fingerprint density at radius 1 is 1.17 bits per heavy atom. The van der Waals surface area contributed by atoms with Crippen molar-refractivity contribution in [3.05, 3.63) is 36.5 Å². The lowest BCUT2D eigenvalue weighted by molar-refractivity contribution is -0.305. The minimum absolute atomic E-state index is 0.0836. The van der Waals surface area contributed by atoms with Gasteiger partial charge in [0.15, 0.2) is 0 Å². The lowest BCUT2D eigenvalue weighted by Crippen LogP contribution is -2.21. The second-order valence-electron chi connectivity index (χ2n) is 6.27. The highest BCUT2D eigenvalue weighted by Gasteiger charge is 2.34. The van der Waals surface area contributed by atoms with E-state index in [4.69, 9.17) is 4.74 Å². The zero-order valence-corrected chi connectivity index (χ0v) is 14.7. The van der Waals surface area contributed by atoms with Gasteiger partial charge >= 0.3 is 0 Å². The number of allylic oxidation sites excluding steroid dienone is 2. The topological polar surface area (TPSA) is 72.9 Å². The Hall–Kier alpha value is -1.39. The Kier molecular flexibility index (Phi) is 11.2. The molecule has 1 N–H and O–H groups in total. The highest BCUT2D eigenvalue weighted by atomic mass is 16.6. The lowest BCUT2D eigenvalue weighted by atomic mass is 10.1. The van der Waals surface area contributed by atoms with Crippen molar-refractivity contribution in [1.82, 2.24) is 0 Å². The van der Waals surface area contributed by atoms with E-state index in [0.717, 1.165) is 12.8 Å². The van der Waals surface area contributed by atoms with Crippen LogP contribution in [0.15, 0.2) is 36.5 Å². The number of carbonyl (C=O) groups is 1. The van der Waals surface area contributed by atoms with Crippen molar-refractivity contribution in [1.29, 1.82) is 0 Å². The van der Waals surface area contributed by atoms with E-state index in [-0.39, 0.29) is 18.6 Å². The van der Waals surface area contributed by atoms with Crippen molar-refractivity contribution in [2.24, 2.45) is 0 Å². The first kappa shape index (κ1) is 20.7. The normalized spacial score (nSPS) is 21.9. The van der Waals surface area contributed by atoms with Crippen molar-refractivity contribution in [3.8, 4) is 0 Å². The zero-order chi connectivity index (χ0) is 17.6. The maximum absolute atomic E-state index is 10.2. The first-order valence-electron chi connectivity index (χ1n) is 9.15. The second-order valence-corrected chi connectivity index (χ2v) is 6.27. The van der Waals surface area contributed by atoms with Gasteiger partial charge in [-0.05, 0) is 44.9 Å². The largest absolute Gasteiger partial charge is 0.550 e. The van der Waals surface area contributed by atoms with Crippen LogP contribution in [-0.4, -0.2) is 29.4 Å². The Labute approximate surface area is 145 Å². The molecule has 4 heteroatoms. The molecule has 1 fully saturated rings. The number of carboxylic acid groups (broad SMARTS) is 1. The Bertz CT molecular complexity index is 425. The van der Waals surface area contributed by atoms with Gasteiger partial charge in [-0.3, -0.25) is 0 Å². The summed E-state index contributed by atoms with van der Waals surface area (Å²) < 4.78 is 5.55. The fourth-order valence-corrected chi connectivity index (χ4v) is 2.41. The van der Waals surface area contributed by atoms with Gasteiger partial charge in [0.2, 0.25) is 0 Å². The molecule has 3 atom stereocenters. The number of aliphatic hydroxyl groups is 1. The van der Waals surface area contributed by atoms with E-state index in [1.54, 1.807) is 6.08 Å². The third-order valence-electron chi connectivity index (χ3n) is 3.95. The van der Waals surface area contributed by atoms with Crippen molar-refractivity contribution < 1.29 is 19.7 Å². The van der Waals surface area contributed by atoms with E-state index in [1.165, 1.54) is 19.3 Å². The van der Waals surface area contributed by atoms with Crippen LogP contribution in [0.25, 0.3) is 0 Å². The van der Waals surface area contributed by atoms with Gasteiger partial charge in [-0.2, -0.15) is 0 Å². The summed E-state index contributed by atoms with van der Waals surface area (Å²) in [5.74, 6) is -1.01. The standard InChI is InChI=1S/C20H32O4/c1-2-3-4-5-6-10-13-18-19(24-18)16-15-17(21)12-9-7-8-11-14-20(22)23/h6-7,9-10,15-19,21H,2-5,8,11-14H2,1H3,(H,22,23)/p-1/b9-7-,10-6-,16-15+/t17?,18-,19-/m0/s1. The minimum Gasteiger partial charge on any atom is -0.550 e. The Balaban J connectivity index is 2.04. The van der Waals surface area contributed by atoms with Crippen LogP contribution in [0.5, 0.6) is 0 Å². The molecule has 0 bridgehead atoms. The predicted molar refractivity (Wildman–Crippen MR) is 94.3 cm³/mol. The van der Waals surface area contributed by atoms with Crippen LogP contribution in [0.1, 0.15) is 64.7 Å². The Morgan fingerprint density at radius 3 is 2.67 bits per heavy atom. The highest BCUT2D eigenvalue weighted by molar-refractivity contribution is 5.64. The first-order valence-corrected chi connectivity index (χ1v) is 9.15. The average molecular weight is 335 g/mol. The fourth-order valence-electron chi connectivity index (χ4n) is 2.41. The summed E-state index contributed by atoms with van der Waals surface area (Å²) in [6.07, 6.45) is 19.6. The molecule has 1 heterocycles. The number of aliphatic carboxylic acids is 1. The summed E-state index contributed by atoms with van der Waals surface area (Å²) in [6, 6.07) is 0. The van der Waals surface area contributed by atoms with Crippen LogP contribution in [0.4, 0.5) is 0 Å². The number of hydrogen-bond acceptors (Lipinski definition) is 4. The van der Waals surface area contributed by atoms with Gasteiger partial charge in [-0.15, -0.1) is 0 Å². The fraction of sp³-hybridized carbons (Fsp3) is 0.650. The SMILES string of the molecule is CCCCC/C=C\C[C@@H]1O[C@H]1/C=C/C(O)C/C=C\CCCC(=O)[O-]. The molecule has 1 aliphatic rings. The average Bonchev–Trinajstić information content (AvgIpc) is 3.30. The monoisotopic (exact) mass is 335 g/mol. The molecule has 1 saturated heterocycles. The minimum atomic E-state index is -1.01. The van der Waals surface area contributed by atoms with Crippen LogP contribution in [-0.2, 0) is 9.53 Å². The molecule has 0 aromatic rings. The molecule has 0 aromatic heterocycles. The number of ether oxygens (including phenoxy) is 1. The molecule has 0 spiro atoms. The Morgan fingerprint density at radius 2 is 1.92 bits per heavy atom. The van der Waals surface area contributed by atoms with E-state index < -0.39 is 12.1 Å². The number of rotatable bonds is 14. The van der Waals surface area contributed by atoms with Gasteiger partial charge < -0.3 is 19.7 Å². The summed E-state index contributed by atoms with van der Waals surface area (Å²) in [7, 11) is 0. The van der Waals surface area contributed by atoms with Crippen LogP contribution >= 0.6 is 0 Å². The first-order chi connectivity index (χ1) is 11.6. The summed E-state index contributed by atoms with van der Waals surface area (Å²) in [5.41, 5.74) is 0. The van der Waals surface area contributed by atoms with Crippen LogP contribution in [0.3, 0.4) is 0 Å². The van der Waals surface area contributed by atoms with Gasteiger partial charge in [0.25, 0.3) is 0 Å². The molecule has 136 valence electrons. The third kappa shape index (κ3) is 11.2. The van der Waals surface area contributed by atoms with Crippen LogP contribution in [0, 0.1) is 0 Å². The summed E-state index contributed by atoms with van der Waals surface area (Å²) in [6.45, 7) is 2.21. The molecule has 1 unspecified atom stereocenters. The maximum Gasteiger partial charge on any atom is 0.103 e. The molecule has 0 radical (unpaired) electrons. The van der Waals surface area contributed by atoms with Crippen molar-refractivity contribution in [2.45, 2.75) is 83.0 Å². The number of carboxylic acids is 1. The van der Waals surface area contributed by atoms with E-state index in [2.05, 4.69) is 19.1 Å². The van der Waals surface area contributed by atoms with Gasteiger partial charge in [-0.1, -0.05) is 56.2 Å². The van der Waals surface area contributed by atoms with Crippen LogP contribution < -0.4 is 5.11 Å². The highest BCUT2D eigenvalue weighted by Crippen LogP contribution is 2.27. The summed E-state index contributed by atoms with van der Waals surface area (Å²) in [5, 5.41) is 20.1. The summed E-state index contributed by atoms with van der Waals surface area (Å²) in [4.78, 5) is 10.2. The molecule has 24 heavy (non-hydrogen) atoms. The summed E-state index contributed by atoms with van der Waals surface area (Å²) >= 11 is 0. The zero-order valence-electron chi connectivity index (χ0n) is 14.7. The van der Waals surface area contributed by atoms with Crippen molar-refractivity contribution >= 4 is 5.97 Å². The number of unbranched alkanes of at least 4 members (excludes halogenated alkanes) is 4. The molecule has 1 rings (SSSR count). The molecule has 4 nitrogen and oxygen atoms in total. The van der Waals surface area contributed by atoms with Crippen LogP contribution in [0.2, 0.25) is 0 Å². The van der Waals surface area contributed by atoms with Crippen molar-refractivity contribution in [2.75, 3.05) is 0 Å². The molecule has 0 saturated carbocycles. The molecule has 0 amide bonds. The van der Waals surface area contributed by atoms with E-state index in [9.17, 15) is 15.0 Å². The van der Waals surface area contributed by atoms with E-state index in [0.29, 0.717) is 19.3 Å².